The molecule has 1 saturated heterocycles. The Balaban J connectivity index is 1.63. The quantitative estimate of drug-likeness (QED) is 0.584. The van der Waals surface area contributed by atoms with E-state index in [1.165, 1.54) is 6.92 Å². The van der Waals surface area contributed by atoms with Gasteiger partial charge in [0.25, 0.3) is 0 Å². The van der Waals surface area contributed by atoms with E-state index < -0.39 is 23.4 Å². The molecule has 6 rings (SSSR count). The predicted octanol–water partition coefficient (Wildman–Crippen LogP) is 4.26. The Morgan fingerprint density at radius 3 is 2.43 bits per heavy atom. The maximum atomic E-state index is 14.3. The largest absolute Gasteiger partial charge is 0.497 e. The van der Waals surface area contributed by atoms with E-state index in [0.29, 0.717) is 22.6 Å². The van der Waals surface area contributed by atoms with Gasteiger partial charge in [0.1, 0.15) is 17.2 Å². The Bertz CT molecular complexity index is 1410. The second kappa shape index (κ2) is 7.67. The van der Waals surface area contributed by atoms with Gasteiger partial charge in [-0.1, -0.05) is 48.6 Å². The third-order valence-electron chi connectivity index (χ3n) is 7.59. The summed E-state index contributed by atoms with van der Waals surface area (Å²) >= 11 is 0. The second-order valence-corrected chi connectivity index (χ2v) is 9.27. The lowest BCUT2D eigenvalue weighted by atomic mass is 9.64. The first-order valence-electron chi connectivity index (χ1n) is 11.6. The van der Waals surface area contributed by atoms with Gasteiger partial charge in [-0.15, -0.1) is 0 Å². The molecule has 0 aromatic heterocycles. The number of Topliss-reactive ketones (excluding diaryl/α,β-unsaturated/α-hetero) is 2. The van der Waals surface area contributed by atoms with Gasteiger partial charge in [0.05, 0.1) is 19.1 Å². The van der Waals surface area contributed by atoms with Gasteiger partial charge in [-0.05, 0) is 54.4 Å². The standard InChI is InChI=1S/C29H24N2O4/c1-17(32)27-29(21-8-4-5-9-22(21)30-28(29)34)25(26(33)19-11-14-20(35-2)15-12-19)24-16-13-18-7-3-6-10-23(18)31(24)27/h3-16,24-25,27H,1-2H3,(H,30,34)/t24-,25-,27+,29+/m1/s1. The third-order valence-corrected chi connectivity index (χ3v) is 7.59. The fourth-order valence-corrected chi connectivity index (χ4v) is 6.26. The first kappa shape index (κ1) is 21.4. The Hall–Kier alpha value is -4.19. The monoisotopic (exact) mass is 464 g/mol. The molecule has 3 aliphatic rings. The number of carbonyl (C=O) groups is 3. The van der Waals surface area contributed by atoms with Crippen molar-refractivity contribution in [3.8, 4) is 5.75 Å². The molecule has 6 nitrogen and oxygen atoms in total. The fraction of sp³-hybridized carbons (Fsp3) is 0.207. The summed E-state index contributed by atoms with van der Waals surface area (Å²) in [5.41, 5.74) is 2.25. The molecule has 0 aliphatic carbocycles. The Morgan fingerprint density at radius 2 is 1.69 bits per heavy atom. The predicted molar refractivity (Wildman–Crippen MR) is 134 cm³/mol. The molecule has 4 atom stereocenters. The molecule has 3 heterocycles. The van der Waals surface area contributed by atoms with Crippen LogP contribution in [-0.4, -0.2) is 36.7 Å². The molecule has 0 saturated carbocycles. The van der Waals surface area contributed by atoms with E-state index in [4.69, 9.17) is 4.74 Å². The lowest BCUT2D eigenvalue weighted by Gasteiger charge is -2.36. The van der Waals surface area contributed by atoms with E-state index >= 15 is 0 Å². The summed E-state index contributed by atoms with van der Waals surface area (Å²) in [5.74, 6) is -0.815. The van der Waals surface area contributed by atoms with Gasteiger partial charge in [0, 0.05) is 16.9 Å². The molecule has 0 bridgehead atoms. The number of methoxy groups -OCH3 is 1. The Kier molecular flexibility index (Phi) is 4.68. The summed E-state index contributed by atoms with van der Waals surface area (Å²) < 4.78 is 5.27. The molecule has 1 N–H and O–H groups in total. The lowest BCUT2D eigenvalue weighted by Crippen LogP contribution is -2.54. The number of ketones is 2. The zero-order valence-corrected chi connectivity index (χ0v) is 19.4. The van der Waals surface area contributed by atoms with Gasteiger partial charge >= 0.3 is 0 Å². The number of fused-ring (bicyclic) bond motifs is 5. The van der Waals surface area contributed by atoms with E-state index in [9.17, 15) is 14.4 Å². The first-order chi connectivity index (χ1) is 17.0. The van der Waals surface area contributed by atoms with Crippen LogP contribution in [0, 0.1) is 5.92 Å². The number of anilines is 2. The van der Waals surface area contributed by atoms with E-state index in [0.717, 1.165) is 11.3 Å². The highest BCUT2D eigenvalue weighted by Gasteiger charge is 2.70. The van der Waals surface area contributed by atoms with Crippen molar-refractivity contribution in [2.75, 3.05) is 17.3 Å². The van der Waals surface area contributed by atoms with Crippen molar-refractivity contribution in [2.45, 2.75) is 24.4 Å². The minimum absolute atomic E-state index is 0.156. The van der Waals surface area contributed by atoms with Gasteiger partial charge in [-0.3, -0.25) is 14.4 Å². The molecular formula is C29H24N2O4. The topological polar surface area (TPSA) is 75.7 Å². The number of amides is 1. The van der Waals surface area contributed by atoms with Crippen LogP contribution >= 0.6 is 0 Å². The summed E-state index contributed by atoms with van der Waals surface area (Å²) in [6.45, 7) is 1.51. The summed E-state index contributed by atoms with van der Waals surface area (Å²) in [5, 5.41) is 2.99. The van der Waals surface area contributed by atoms with Crippen molar-refractivity contribution < 1.29 is 19.1 Å². The number of rotatable bonds is 4. The van der Waals surface area contributed by atoms with E-state index in [1.54, 1.807) is 31.4 Å². The number of nitrogens with zero attached hydrogens (tertiary/aromatic N) is 1. The highest BCUT2D eigenvalue weighted by molar-refractivity contribution is 6.17. The van der Waals surface area contributed by atoms with Crippen molar-refractivity contribution in [2.24, 2.45) is 5.92 Å². The zero-order chi connectivity index (χ0) is 24.3. The molecule has 1 amide bonds. The van der Waals surface area contributed by atoms with Gasteiger partial charge < -0.3 is 15.0 Å². The molecule has 0 radical (unpaired) electrons. The molecule has 1 spiro atoms. The SMILES string of the molecule is COc1ccc(C(=O)[C@H]2[C@H]3C=Cc4ccccc4N3[C@@H](C(C)=O)[C@@]23C(=O)Nc2ccccc23)cc1. The minimum atomic E-state index is -1.37. The Labute approximate surface area is 203 Å². The van der Waals surface area contributed by atoms with Crippen LogP contribution < -0.4 is 15.0 Å². The highest BCUT2D eigenvalue weighted by Crippen LogP contribution is 2.57. The molecule has 1 fully saturated rings. The smallest absolute Gasteiger partial charge is 0.238 e. The van der Waals surface area contributed by atoms with Crippen LogP contribution in [0.3, 0.4) is 0 Å². The maximum absolute atomic E-state index is 14.3. The number of nitrogens with one attached hydrogen (secondary N) is 1. The van der Waals surface area contributed by atoms with Crippen LogP contribution in [0.1, 0.15) is 28.4 Å². The summed E-state index contributed by atoms with van der Waals surface area (Å²) in [4.78, 5) is 43.7. The van der Waals surface area contributed by atoms with Crippen LogP contribution in [0.15, 0.2) is 78.9 Å². The maximum Gasteiger partial charge on any atom is 0.238 e. The molecule has 174 valence electrons. The Morgan fingerprint density at radius 1 is 0.971 bits per heavy atom. The van der Waals surface area contributed by atoms with Crippen LogP contribution in [0.4, 0.5) is 11.4 Å². The molecule has 6 heteroatoms. The number of carbonyl (C=O) groups excluding carboxylic acids is 3. The molecule has 0 unspecified atom stereocenters. The van der Waals surface area contributed by atoms with E-state index in [2.05, 4.69) is 5.32 Å². The number of benzene rings is 3. The van der Waals surface area contributed by atoms with E-state index in [-0.39, 0.29) is 17.5 Å². The summed E-state index contributed by atoms with van der Waals surface area (Å²) in [6.07, 6.45) is 3.95. The van der Waals surface area contributed by atoms with Crippen molar-refractivity contribution in [1.29, 1.82) is 0 Å². The lowest BCUT2D eigenvalue weighted by molar-refractivity contribution is -0.127. The van der Waals surface area contributed by atoms with Crippen LogP contribution in [-0.2, 0) is 15.0 Å². The molecular weight excluding hydrogens is 440 g/mol. The van der Waals surface area contributed by atoms with Crippen LogP contribution in [0.2, 0.25) is 0 Å². The molecule has 35 heavy (non-hydrogen) atoms. The number of para-hydroxylation sites is 2. The van der Waals surface area contributed by atoms with Crippen molar-refractivity contribution in [1.82, 2.24) is 0 Å². The number of ether oxygens (including phenoxy) is 1. The van der Waals surface area contributed by atoms with Crippen LogP contribution in [0.25, 0.3) is 6.08 Å². The second-order valence-electron chi connectivity index (χ2n) is 9.27. The molecule has 3 aromatic rings. The normalized spacial score (nSPS) is 25.6. The summed E-state index contributed by atoms with van der Waals surface area (Å²) in [7, 11) is 1.57. The van der Waals surface area contributed by atoms with Crippen molar-refractivity contribution in [3.63, 3.8) is 0 Å². The minimum Gasteiger partial charge on any atom is -0.497 e. The van der Waals surface area contributed by atoms with Crippen molar-refractivity contribution >= 4 is 34.9 Å². The third kappa shape index (κ3) is 2.80. The van der Waals surface area contributed by atoms with Crippen LogP contribution in [0.5, 0.6) is 5.75 Å². The summed E-state index contributed by atoms with van der Waals surface area (Å²) in [6, 6.07) is 20.8. The molecule has 3 aliphatic heterocycles. The van der Waals surface area contributed by atoms with Gasteiger partial charge in [-0.25, -0.2) is 0 Å². The fourth-order valence-electron chi connectivity index (χ4n) is 6.26. The zero-order valence-electron chi connectivity index (χ0n) is 19.4. The number of hydrogen-bond donors (Lipinski definition) is 1. The van der Waals surface area contributed by atoms with E-state index in [1.807, 2.05) is 65.6 Å². The average Bonchev–Trinajstić information content (AvgIpc) is 3.36. The first-order valence-corrected chi connectivity index (χ1v) is 11.6. The highest BCUT2D eigenvalue weighted by atomic mass is 16.5. The van der Waals surface area contributed by atoms with Gasteiger partial charge in [-0.2, -0.15) is 0 Å². The van der Waals surface area contributed by atoms with Crippen molar-refractivity contribution in [3.05, 3.63) is 95.6 Å². The van der Waals surface area contributed by atoms with Gasteiger partial charge in [0.2, 0.25) is 5.91 Å². The number of hydrogen-bond acceptors (Lipinski definition) is 5. The van der Waals surface area contributed by atoms with Gasteiger partial charge in [0.15, 0.2) is 11.6 Å². The molecule has 3 aromatic carbocycles. The average molecular weight is 465 g/mol.